The van der Waals surface area contributed by atoms with E-state index in [-0.39, 0.29) is 18.1 Å². The third-order valence-electron chi connectivity index (χ3n) is 4.92. The predicted molar refractivity (Wildman–Crippen MR) is 93.5 cm³/mol. The predicted octanol–water partition coefficient (Wildman–Crippen LogP) is 3.08. The number of carbonyl (C=O) groups excluding carboxylic acids is 1. The van der Waals surface area contributed by atoms with Crippen molar-refractivity contribution in [1.82, 2.24) is 9.88 Å². The van der Waals surface area contributed by atoms with E-state index in [1.807, 2.05) is 23.1 Å². The number of benzene rings is 1. The number of hydrogen-bond acceptors (Lipinski definition) is 4. The van der Waals surface area contributed by atoms with Crippen LogP contribution in [0.15, 0.2) is 48.7 Å². The Morgan fingerprint density at radius 1 is 1.16 bits per heavy atom. The minimum atomic E-state index is -0.0734. The highest BCUT2D eigenvalue weighted by atomic mass is 16.5. The van der Waals surface area contributed by atoms with Crippen LogP contribution in [0.5, 0.6) is 5.88 Å². The number of pyridine rings is 1. The van der Waals surface area contributed by atoms with Crippen molar-refractivity contribution in [3.63, 3.8) is 0 Å². The van der Waals surface area contributed by atoms with Crippen molar-refractivity contribution in [1.29, 1.82) is 0 Å². The van der Waals surface area contributed by atoms with Crippen molar-refractivity contribution >= 4 is 5.91 Å². The lowest BCUT2D eigenvalue weighted by molar-refractivity contribution is -0.0864. The van der Waals surface area contributed by atoms with E-state index >= 15 is 0 Å². The molecule has 2 heterocycles. The maximum atomic E-state index is 13.0. The van der Waals surface area contributed by atoms with Crippen LogP contribution in [-0.4, -0.2) is 42.1 Å². The zero-order chi connectivity index (χ0) is 17.2. The summed E-state index contributed by atoms with van der Waals surface area (Å²) in [6, 6.07) is 13.7. The van der Waals surface area contributed by atoms with Crippen LogP contribution in [0.2, 0.25) is 0 Å². The smallest absolute Gasteiger partial charge is 0.255 e. The first kappa shape index (κ1) is 16.1. The molecule has 2 fully saturated rings. The Balaban J connectivity index is 1.55. The lowest BCUT2D eigenvalue weighted by Gasteiger charge is -2.38. The molecule has 130 valence electrons. The van der Waals surface area contributed by atoms with Gasteiger partial charge in [-0.15, -0.1) is 0 Å². The SMILES string of the molecule is COc1ccc(C(=O)N2C[C@@H](c3ccccc3)O[C@@H](C3CC3)C2)cn1. The van der Waals surface area contributed by atoms with Crippen LogP contribution >= 0.6 is 0 Å². The first-order valence-corrected chi connectivity index (χ1v) is 8.74. The summed E-state index contributed by atoms with van der Waals surface area (Å²) in [4.78, 5) is 19.0. The second-order valence-electron chi connectivity index (χ2n) is 6.71. The summed E-state index contributed by atoms with van der Waals surface area (Å²) in [7, 11) is 1.57. The van der Waals surface area contributed by atoms with Gasteiger partial charge >= 0.3 is 0 Å². The van der Waals surface area contributed by atoms with Crippen molar-refractivity contribution < 1.29 is 14.3 Å². The number of rotatable bonds is 4. The fourth-order valence-corrected chi connectivity index (χ4v) is 3.34. The van der Waals surface area contributed by atoms with E-state index in [9.17, 15) is 4.79 Å². The molecule has 1 saturated carbocycles. The van der Waals surface area contributed by atoms with Gasteiger partial charge in [0.15, 0.2) is 0 Å². The molecule has 1 aromatic heterocycles. The molecule has 4 rings (SSSR count). The monoisotopic (exact) mass is 338 g/mol. The maximum Gasteiger partial charge on any atom is 0.255 e. The molecule has 0 bridgehead atoms. The highest BCUT2D eigenvalue weighted by Crippen LogP contribution is 2.39. The number of amides is 1. The second-order valence-corrected chi connectivity index (χ2v) is 6.71. The van der Waals surface area contributed by atoms with Gasteiger partial charge in [-0.1, -0.05) is 30.3 Å². The number of carbonyl (C=O) groups is 1. The van der Waals surface area contributed by atoms with E-state index in [2.05, 4.69) is 17.1 Å². The fourth-order valence-electron chi connectivity index (χ4n) is 3.34. The van der Waals surface area contributed by atoms with E-state index in [0.29, 0.717) is 30.5 Å². The molecule has 5 heteroatoms. The van der Waals surface area contributed by atoms with Crippen molar-refractivity contribution in [2.75, 3.05) is 20.2 Å². The summed E-state index contributed by atoms with van der Waals surface area (Å²) >= 11 is 0. The van der Waals surface area contributed by atoms with Crippen LogP contribution in [0, 0.1) is 5.92 Å². The van der Waals surface area contributed by atoms with Crippen LogP contribution in [-0.2, 0) is 4.74 Å². The van der Waals surface area contributed by atoms with E-state index in [1.165, 1.54) is 12.8 Å². The Morgan fingerprint density at radius 3 is 2.60 bits per heavy atom. The largest absolute Gasteiger partial charge is 0.481 e. The van der Waals surface area contributed by atoms with E-state index in [0.717, 1.165) is 5.56 Å². The quantitative estimate of drug-likeness (QED) is 0.860. The van der Waals surface area contributed by atoms with Gasteiger partial charge in [-0.2, -0.15) is 0 Å². The third kappa shape index (κ3) is 3.51. The number of hydrogen-bond donors (Lipinski definition) is 0. The summed E-state index contributed by atoms with van der Waals surface area (Å²) in [5.74, 6) is 1.09. The minimum Gasteiger partial charge on any atom is -0.481 e. The van der Waals surface area contributed by atoms with Gasteiger partial charge < -0.3 is 14.4 Å². The van der Waals surface area contributed by atoms with Gasteiger partial charge in [0, 0.05) is 18.8 Å². The van der Waals surface area contributed by atoms with Gasteiger partial charge in [0.25, 0.3) is 5.91 Å². The summed E-state index contributed by atoms with van der Waals surface area (Å²) in [6.07, 6.45) is 4.02. The average molecular weight is 338 g/mol. The van der Waals surface area contributed by atoms with Crippen LogP contribution in [0.3, 0.4) is 0 Å². The summed E-state index contributed by atoms with van der Waals surface area (Å²) in [5, 5.41) is 0. The van der Waals surface area contributed by atoms with Crippen LogP contribution in [0.25, 0.3) is 0 Å². The normalized spacial score (nSPS) is 23.3. The highest BCUT2D eigenvalue weighted by molar-refractivity contribution is 5.94. The van der Waals surface area contributed by atoms with Gasteiger partial charge in [0.1, 0.15) is 6.10 Å². The van der Waals surface area contributed by atoms with Crippen LogP contribution < -0.4 is 4.74 Å². The summed E-state index contributed by atoms with van der Waals surface area (Å²) < 4.78 is 11.4. The fraction of sp³-hybridized carbons (Fsp3) is 0.400. The molecule has 1 saturated heterocycles. The Bertz CT molecular complexity index is 728. The standard InChI is InChI=1S/C20H22N2O3/c1-24-19-10-9-16(11-21-19)20(23)22-12-17(14-5-3-2-4-6-14)25-18(13-22)15-7-8-15/h2-6,9-11,15,17-18H,7-8,12-13H2,1H3/t17-,18+/m0/s1. The molecule has 1 aliphatic heterocycles. The van der Waals surface area contributed by atoms with Crippen molar-refractivity contribution in [2.45, 2.75) is 25.0 Å². The van der Waals surface area contributed by atoms with E-state index < -0.39 is 0 Å². The zero-order valence-corrected chi connectivity index (χ0v) is 14.3. The molecular formula is C20H22N2O3. The molecule has 5 nitrogen and oxygen atoms in total. The van der Waals surface area contributed by atoms with E-state index in [4.69, 9.17) is 9.47 Å². The highest BCUT2D eigenvalue weighted by Gasteiger charge is 2.40. The van der Waals surface area contributed by atoms with Crippen LogP contribution in [0.1, 0.15) is 34.9 Å². The molecule has 2 aromatic rings. The number of methoxy groups -OCH3 is 1. The molecule has 2 aliphatic rings. The first-order chi connectivity index (χ1) is 12.2. The molecule has 0 unspecified atom stereocenters. The van der Waals surface area contributed by atoms with Crippen molar-refractivity contribution in [2.24, 2.45) is 5.92 Å². The number of ether oxygens (including phenoxy) is 2. The van der Waals surface area contributed by atoms with Crippen molar-refractivity contribution in [3.8, 4) is 5.88 Å². The molecule has 0 radical (unpaired) electrons. The third-order valence-corrected chi connectivity index (χ3v) is 4.92. The second kappa shape index (κ2) is 6.84. The van der Waals surface area contributed by atoms with Crippen molar-refractivity contribution in [3.05, 3.63) is 59.8 Å². The van der Waals surface area contributed by atoms with Gasteiger partial charge in [-0.25, -0.2) is 4.98 Å². The number of aromatic nitrogens is 1. The molecular weight excluding hydrogens is 316 g/mol. The summed E-state index contributed by atoms with van der Waals surface area (Å²) in [5.41, 5.74) is 1.71. The molecule has 25 heavy (non-hydrogen) atoms. The molecule has 0 N–H and O–H groups in total. The molecule has 1 amide bonds. The zero-order valence-electron chi connectivity index (χ0n) is 14.3. The Morgan fingerprint density at radius 2 is 1.96 bits per heavy atom. The Kier molecular flexibility index (Phi) is 4.40. The van der Waals surface area contributed by atoms with Crippen LogP contribution in [0.4, 0.5) is 0 Å². The maximum absolute atomic E-state index is 13.0. The van der Waals surface area contributed by atoms with E-state index in [1.54, 1.807) is 25.4 Å². The molecule has 1 aliphatic carbocycles. The lowest BCUT2D eigenvalue weighted by atomic mass is 10.0. The van der Waals surface area contributed by atoms with Gasteiger partial charge in [-0.05, 0) is 30.4 Å². The first-order valence-electron chi connectivity index (χ1n) is 8.74. The van der Waals surface area contributed by atoms with Gasteiger partial charge in [0.05, 0.1) is 25.3 Å². The lowest BCUT2D eigenvalue weighted by Crippen LogP contribution is -2.47. The summed E-state index contributed by atoms with van der Waals surface area (Å²) in [6.45, 7) is 1.22. The average Bonchev–Trinajstić information content (AvgIpc) is 3.53. The topological polar surface area (TPSA) is 51.7 Å². The Hall–Kier alpha value is -2.40. The Labute approximate surface area is 147 Å². The number of nitrogens with zero attached hydrogens (tertiary/aromatic N) is 2. The molecule has 0 spiro atoms. The van der Waals surface area contributed by atoms with Gasteiger partial charge in [-0.3, -0.25) is 4.79 Å². The van der Waals surface area contributed by atoms with Gasteiger partial charge in [0.2, 0.25) is 5.88 Å². The molecule has 1 aromatic carbocycles. The minimum absolute atomic E-state index is 0.00466. The molecule has 2 atom stereocenters. The number of morpholine rings is 1.